The molecule has 378 valence electrons. The van der Waals surface area contributed by atoms with Gasteiger partial charge in [0.1, 0.15) is 67.1 Å². The van der Waals surface area contributed by atoms with Gasteiger partial charge in [0.15, 0.2) is 18.9 Å². The Kier molecular flexibility index (Phi) is 14.0. The van der Waals surface area contributed by atoms with E-state index in [1.165, 1.54) is 12.5 Å². The average Bonchev–Trinajstić information content (AvgIpc) is 3.27. The van der Waals surface area contributed by atoms with Crippen LogP contribution in [0.3, 0.4) is 0 Å². The molecule has 0 aromatic carbocycles. The number of hydrogen-bond acceptors (Lipinski definition) is 18. The molecule has 0 bridgehead atoms. The molecule has 3 heterocycles. The Morgan fingerprint density at radius 2 is 1.29 bits per heavy atom. The van der Waals surface area contributed by atoms with Gasteiger partial charge >= 0.3 is 0 Å². The van der Waals surface area contributed by atoms with E-state index < -0.39 is 134 Å². The normalized spacial score (nSPS) is 54.8. The molecule has 0 spiro atoms. The minimum atomic E-state index is -1.77. The number of aliphatic hydroxyl groups excluding tert-OH is 12. The van der Waals surface area contributed by atoms with E-state index >= 15 is 0 Å². The van der Waals surface area contributed by atoms with Gasteiger partial charge < -0.3 is 89.7 Å². The Morgan fingerprint density at radius 1 is 0.652 bits per heavy atom. The fourth-order valence-corrected chi connectivity index (χ4v) is 14.5. The summed E-state index contributed by atoms with van der Waals surface area (Å²) in [6.45, 7) is 13.5. The van der Waals surface area contributed by atoms with Crippen LogP contribution < -0.4 is 0 Å². The van der Waals surface area contributed by atoms with Crippen molar-refractivity contribution in [3.05, 3.63) is 23.3 Å². The van der Waals surface area contributed by atoms with E-state index in [4.69, 9.17) is 28.4 Å². The van der Waals surface area contributed by atoms with Crippen LogP contribution in [0.5, 0.6) is 0 Å². The van der Waals surface area contributed by atoms with Crippen LogP contribution >= 0.6 is 0 Å². The molecule has 0 aromatic heterocycles. The summed E-state index contributed by atoms with van der Waals surface area (Å²) < 4.78 is 36.2. The second-order valence-electron chi connectivity index (χ2n) is 23.1. The molecule has 6 fully saturated rings. The van der Waals surface area contributed by atoms with Crippen LogP contribution in [0.2, 0.25) is 0 Å². The van der Waals surface area contributed by atoms with E-state index in [-0.39, 0.29) is 41.3 Å². The van der Waals surface area contributed by atoms with Gasteiger partial charge in [0.25, 0.3) is 0 Å². The highest BCUT2D eigenvalue weighted by Gasteiger charge is 2.68. The van der Waals surface area contributed by atoms with E-state index in [1.807, 2.05) is 0 Å². The quantitative estimate of drug-likeness (QED) is 0.123. The predicted octanol–water partition coefficient (Wildman–Crippen LogP) is -0.495. The number of hydrogen-bond donors (Lipinski definition) is 12. The SMILES string of the molecule is C[C@@H]1O[C@H](O[C@@H]2[C@@H](O)[C@H](O)[C@@H](O[C@@H]3CC[C@@]4(C)[C@H](CC[C@]5(C)[C@@H]4C=CC4=C6C[C@](C)(CO)CC[C@]6(CO)[C@@H](O)C[C@]45C)C3(C)C)O[C@H]2CO[C@H]2O[C@@H](CO)[C@H](O)[C@@H](O)[C@@H]2O)[C@@H](O)[C@H](O)[C@H]1O. The Bertz CT molecular complexity index is 1810. The van der Waals surface area contributed by atoms with Crippen LogP contribution in [0.25, 0.3) is 0 Å². The van der Waals surface area contributed by atoms with Gasteiger partial charge in [0.05, 0.1) is 38.1 Å². The van der Waals surface area contributed by atoms with E-state index in [0.29, 0.717) is 25.7 Å². The maximum absolute atomic E-state index is 12.1. The topological polar surface area (TPSA) is 298 Å². The summed E-state index contributed by atoms with van der Waals surface area (Å²) >= 11 is 0. The highest BCUT2D eigenvalue weighted by molar-refractivity contribution is 5.47. The maximum Gasteiger partial charge on any atom is 0.187 e. The van der Waals surface area contributed by atoms with Gasteiger partial charge in [-0.3, -0.25) is 0 Å². The van der Waals surface area contributed by atoms with Crippen LogP contribution in [0.4, 0.5) is 0 Å². The lowest BCUT2D eigenvalue weighted by atomic mass is 9.35. The molecule has 3 saturated carbocycles. The molecule has 3 saturated heterocycles. The highest BCUT2D eigenvalue weighted by Crippen LogP contribution is 2.74. The lowest BCUT2D eigenvalue weighted by molar-refractivity contribution is -0.373. The van der Waals surface area contributed by atoms with Crippen LogP contribution in [0, 0.1) is 44.3 Å². The van der Waals surface area contributed by atoms with Gasteiger partial charge in [-0.1, -0.05) is 59.3 Å². The third kappa shape index (κ3) is 7.84. The van der Waals surface area contributed by atoms with Crippen molar-refractivity contribution < 1.29 is 89.7 Å². The second-order valence-corrected chi connectivity index (χ2v) is 23.1. The molecular formula is C48H78O18. The number of aliphatic hydroxyl groups is 12. The van der Waals surface area contributed by atoms with Crippen molar-refractivity contribution >= 4 is 0 Å². The molecular weight excluding hydrogens is 865 g/mol. The molecule has 0 radical (unpaired) electrons. The van der Waals surface area contributed by atoms with Gasteiger partial charge in [-0.05, 0) is 97.4 Å². The van der Waals surface area contributed by atoms with Crippen molar-refractivity contribution in [3.63, 3.8) is 0 Å². The molecule has 0 unspecified atom stereocenters. The highest BCUT2D eigenvalue weighted by atomic mass is 16.8. The van der Waals surface area contributed by atoms with Gasteiger partial charge in [-0.2, -0.15) is 0 Å². The third-order valence-electron chi connectivity index (χ3n) is 19.0. The molecule has 5 aliphatic carbocycles. The monoisotopic (exact) mass is 943 g/mol. The predicted molar refractivity (Wildman–Crippen MR) is 231 cm³/mol. The van der Waals surface area contributed by atoms with Crippen molar-refractivity contribution in [2.24, 2.45) is 44.3 Å². The van der Waals surface area contributed by atoms with E-state index in [2.05, 4.69) is 53.7 Å². The van der Waals surface area contributed by atoms with Gasteiger partial charge in [-0.15, -0.1) is 0 Å². The molecule has 0 aromatic rings. The van der Waals surface area contributed by atoms with Crippen molar-refractivity contribution in [2.45, 2.75) is 204 Å². The molecule has 0 amide bonds. The summed E-state index contributed by atoms with van der Waals surface area (Å²) in [5, 5.41) is 130. The van der Waals surface area contributed by atoms with Crippen molar-refractivity contribution in [3.8, 4) is 0 Å². The zero-order valence-corrected chi connectivity index (χ0v) is 39.4. The molecule has 8 aliphatic rings. The van der Waals surface area contributed by atoms with E-state index in [9.17, 15) is 61.3 Å². The van der Waals surface area contributed by atoms with Gasteiger partial charge in [0, 0.05) is 17.4 Å². The Labute approximate surface area is 387 Å². The van der Waals surface area contributed by atoms with Crippen LogP contribution in [-0.2, 0) is 28.4 Å². The van der Waals surface area contributed by atoms with Crippen molar-refractivity contribution in [2.75, 3.05) is 26.4 Å². The van der Waals surface area contributed by atoms with Crippen LogP contribution in [-0.4, -0.2) is 192 Å². The summed E-state index contributed by atoms with van der Waals surface area (Å²) in [6, 6.07) is 0. The number of ether oxygens (including phenoxy) is 6. The zero-order valence-electron chi connectivity index (χ0n) is 39.4. The molecule has 12 N–H and O–H groups in total. The molecule has 24 atom stereocenters. The Hall–Kier alpha value is -1.24. The average molecular weight is 943 g/mol. The summed E-state index contributed by atoms with van der Waals surface area (Å²) in [7, 11) is 0. The first kappa shape index (κ1) is 51.1. The zero-order chi connectivity index (χ0) is 48.3. The summed E-state index contributed by atoms with van der Waals surface area (Å²) in [5.74, 6) is 0.224. The summed E-state index contributed by atoms with van der Waals surface area (Å²) in [5.41, 5.74) is -0.197. The fourth-order valence-electron chi connectivity index (χ4n) is 14.5. The lowest BCUT2D eigenvalue weighted by Crippen LogP contribution is -2.66. The number of allylic oxidation sites excluding steroid dienone is 3. The van der Waals surface area contributed by atoms with Crippen LogP contribution in [0.15, 0.2) is 23.3 Å². The van der Waals surface area contributed by atoms with E-state index in [1.54, 1.807) is 0 Å². The molecule has 18 nitrogen and oxygen atoms in total. The summed E-state index contributed by atoms with van der Waals surface area (Å²) in [6.07, 6.45) is -14.4. The molecule has 3 aliphatic heterocycles. The smallest absolute Gasteiger partial charge is 0.187 e. The van der Waals surface area contributed by atoms with Gasteiger partial charge in [-0.25, -0.2) is 0 Å². The number of fused-ring (bicyclic) bond motifs is 6. The standard InChI is InChI=1S/C48H78O18/c1-22-31(53)33(55)37(59)41(62-22)66-39-26(19-61-40-36(58)34(56)32(54)25(18-49)63-40)64-42(38(60)35(39)57)65-30-11-12-45(5)27(43(30,2)3)10-13-46(6)28(45)9-8-23-24-16-44(4,20-50)14-15-48(24,21-51)29(52)17-47(23,46)7/h8-9,22,25-42,49-60H,10-21H2,1-7H3/t22-,25-,26-,27+,28+,29-,30+,31-,32-,33+,34+,35-,36-,37-,38-,39-,40-,41+,42+,44+,45-,46+,47+,48+/m0/s1. The van der Waals surface area contributed by atoms with E-state index in [0.717, 1.165) is 31.3 Å². The lowest BCUT2D eigenvalue weighted by Gasteiger charge is -2.70. The maximum atomic E-state index is 12.1. The fraction of sp³-hybridized carbons (Fsp3) is 0.917. The Balaban J connectivity index is 1.04. The largest absolute Gasteiger partial charge is 0.396 e. The summed E-state index contributed by atoms with van der Waals surface area (Å²) in [4.78, 5) is 0. The molecule has 18 heteroatoms. The minimum absolute atomic E-state index is 0.0300. The first-order valence-corrected chi connectivity index (χ1v) is 24.1. The molecule has 8 rings (SSSR count). The number of rotatable bonds is 10. The third-order valence-corrected chi connectivity index (χ3v) is 19.0. The first-order chi connectivity index (χ1) is 30.9. The first-order valence-electron chi connectivity index (χ1n) is 24.1. The van der Waals surface area contributed by atoms with Crippen molar-refractivity contribution in [1.29, 1.82) is 0 Å². The second kappa shape index (κ2) is 18.1. The molecule has 66 heavy (non-hydrogen) atoms. The Morgan fingerprint density at radius 3 is 1.95 bits per heavy atom. The minimum Gasteiger partial charge on any atom is -0.396 e. The van der Waals surface area contributed by atoms with Crippen molar-refractivity contribution in [1.82, 2.24) is 0 Å². The van der Waals surface area contributed by atoms with Gasteiger partial charge in [0.2, 0.25) is 0 Å². The van der Waals surface area contributed by atoms with Crippen LogP contribution in [0.1, 0.15) is 99.8 Å².